The Morgan fingerprint density at radius 1 is 1.37 bits per heavy atom. The van der Waals surface area contributed by atoms with Gasteiger partial charge in [0.15, 0.2) is 0 Å². The fraction of sp³-hybridized carbons (Fsp3) is 0.727. The number of aliphatic hydroxyl groups excluding tert-OH is 1. The minimum Gasteiger partial charge on any atom is -0.462 e. The molecule has 0 aromatic carbocycles. The number of hydrogen-bond acceptors (Lipinski definition) is 5. The first kappa shape index (κ1) is 23.6. The van der Waals surface area contributed by atoms with Gasteiger partial charge in [0.05, 0.1) is 18.3 Å². The summed E-state index contributed by atoms with van der Waals surface area (Å²) in [7, 11) is 0. The van der Waals surface area contributed by atoms with Crippen molar-refractivity contribution in [3.8, 4) is 0 Å². The van der Waals surface area contributed by atoms with E-state index >= 15 is 0 Å². The maximum Gasteiger partial charge on any atom is 0.302 e. The zero-order valence-corrected chi connectivity index (χ0v) is 17.5. The van der Waals surface area contributed by atoms with Gasteiger partial charge in [-0.15, -0.1) is 0 Å². The van der Waals surface area contributed by atoms with Crippen LogP contribution in [0.4, 0.5) is 0 Å². The number of esters is 1. The maximum atomic E-state index is 12.2. The molecular formula is C22H36O5. The second-order valence-electron chi connectivity index (χ2n) is 8.07. The van der Waals surface area contributed by atoms with Crippen LogP contribution in [0.3, 0.4) is 0 Å². The van der Waals surface area contributed by atoms with E-state index in [1.165, 1.54) is 6.92 Å². The number of hydrogen-bond donors (Lipinski definition) is 1. The van der Waals surface area contributed by atoms with Crippen LogP contribution in [0.2, 0.25) is 0 Å². The van der Waals surface area contributed by atoms with Crippen molar-refractivity contribution < 1.29 is 24.2 Å². The first-order valence-corrected chi connectivity index (χ1v) is 9.93. The zero-order chi connectivity index (χ0) is 20.4. The topological polar surface area (TPSA) is 72.8 Å². The molecule has 0 radical (unpaired) electrons. The molecule has 3 atom stereocenters. The Bertz CT molecular complexity index is 559. The lowest BCUT2D eigenvalue weighted by atomic mass is 9.87. The smallest absolute Gasteiger partial charge is 0.302 e. The Morgan fingerprint density at radius 3 is 2.70 bits per heavy atom. The maximum absolute atomic E-state index is 12.2. The van der Waals surface area contributed by atoms with Crippen LogP contribution in [0, 0.1) is 5.92 Å². The van der Waals surface area contributed by atoms with E-state index in [2.05, 4.69) is 0 Å². The van der Waals surface area contributed by atoms with Crippen LogP contribution >= 0.6 is 0 Å². The van der Waals surface area contributed by atoms with Gasteiger partial charge in [-0.25, -0.2) is 0 Å². The standard InChI is InChI=1S/C22H36O5/c1-16(2)8-10-20(24)17(3)7-6-13-22(5)21(25)11-9-19(15-27-22)12-14-26-18(4)23/h8,12,17,21,25H,6-7,9-11,13-15H2,1-5H3/b19-12+/t17?,21-,22-/m0/s1. The van der Waals surface area contributed by atoms with E-state index in [1.54, 1.807) is 0 Å². The number of carbonyl (C=O) groups excluding carboxylic acids is 2. The molecule has 0 bridgehead atoms. The number of aliphatic hydroxyl groups is 1. The molecule has 0 aromatic rings. The molecule has 0 aromatic heterocycles. The predicted octanol–water partition coefficient (Wildman–Crippen LogP) is 4.14. The zero-order valence-electron chi connectivity index (χ0n) is 17.5. The van der Waals surface area contributed by atoms with Crippen LogP contribution in [0.15, 0.2) is 23.3 Å². The molecule has 154 valence electrons. The van der Waals surface area contributed by atoms with Crippen molar-refractivity contribution in [2.24, 2.45) is 5.92 Å². The molecule has 1 saturated heterocycles. The third-order valence-electron chi connectivity index (χ3n) is 5.26. The predicted molar refractivity (Wildman–Crippen MR) is 106 cm³/mol. The van der Waals surface area contributed by atoms with E-state index in [-0.39, 0.29) is 24.3 Å². The van der Waals surface area contributed by atoms with Gasteiger partial charge >= 0.3 is 5.97 Å². The summed E-state index contributed by atoms with van der Waals surface area (Å²) in [5, 5.41) is 10.5. The van der Waals surface area contributed by atoms with Crippen molar-refractivity contribution in [3.63, 3.8) is 0 Å². The summed E-state index contributed by atoms with van der Waals surface area (Å²) < 4.78 is 11.0. The summed E-state index contributed by atoms with van der Waals surface area (Å²) in [6.45, 7) is 9.98. The highest BCUT2D eigenvalue weighted by atomic mass is 16.5. The third-order valence-corrected chi connectivity index (χ3v) is 5.26. The highest BCUT2D eigenvalue weighted by Crippen LogP contribution is 2.31. The van der Waals surface area contributed by atoms with E-state index in [1.807, 2.05) is 39.8 Å². The molecule has 1 aliphatic heterocycles. The minimum atomic E-state index is -0.611. The SMILES string of the molecule is CC(=O)OC/C=C1\CC[C@H](O)[C@](C)(CCCC(C)C(=O)CC=C(C)C)OC1. The number of allylic oxidation sites excluding steroid dienone is 2. The number of rotatable bonds is 9. The van der Waals surface area contributed by atoms with Gasteiger partial charge in [0, 0.05) is 19.3 Å². The Hall–Kier alpha value is -1.46. The largest absolute Gasteiger partial charge is 0.462 e. The Kier molecular flexibility index (Phi) is 9.95. The first-order chi connectivity index (χ1) is 12.6. The van der Waals surface area contributed by atoms with E-state index in [4.69, 9.17) is 9.47 Å². The van der Waals surface area contributed by atoms with Crippen LogP contribution in [0.1, 0.15) is 73.1 Å². The molecule has 27 heavy (non-hydrogen) atoms. The van der Waals surface area contributed by atoms with E-state index in [9.17, 15) is 14.7 Å². The molecule has 0 spiro atoms. The Morgan fingerprint density at radius 2 is 2.07 bits per heavy atom. The molecular weight excluding hydrogens is 344 g/mol. The highest BCUT2D eigenvalue weighted by Gasteiger charge is 2.36. The lowest BCUT2D eigenvalue weighted by Gasteiger charge is -2.33. The van der Waals surface area contributed by atoms with Crippen LogP contribution in [-0.4, -0.2) is 41.8 Å². The number of Topliss-reactive ketones (excluding diaryl/α,β-unsaturated/α-hetero) is 1. The second-order valence-corrected chi connectivity index (χ2v) is 8.07. The molecule has 1 heterocycles. The number of ketones is 1. The van der Waals surface area contributed by atoms with Crippen molar-refractivity contribution in [1.82, 2.24) is 0 Å². The van der Waals surface area contributed by atoms with Crippen LogP contribution in [-0.2, 0) is 19.1 Å². The lowest BCUT2D eigenvalue weighted by molar-refractivity contribution is -0.139. The summed E-state index contributed by atoms with van der Waals surface area (Å²) in [5.41, 5.74) is 1.60. The summed E-state index contributed by atoms with van der Waals surface area (Å²) in [5.74, 6) is -0.0230. The number of carbonyl (C=O) groups is 2. The molecule has 1 N–H and O–H groups in total. The second kappa shape index (κ2) is 11.4. The normalized spacial score (nSPS) is 25.6. The summed E-state index contributed by atoms with van der Waals surface area (Å²) in [4.78, 5) is 23.0. The molecule has 0 aliphatic carbocycles. The Balaban J connectivity index is 2.50. The quantitative estimate of drug-likeness (QED) is 0.481. The third kappa shape index (κ3) is 8.85. The molecule has 0 saturated carbocycles. The summed E-state index contributed by atoms with van der Waals surface area (Å²) >= 11 is 0. The van der Waals surface area contributed by atoms with E-state index in [0.717, 1.165) is 30.4 Å². The van der Waals surface area contributed by atoms with Gasteiger partial charge in [0.2, 0.25) is 0 Å². The van der Waals surface area contributed by atoms with Crippen LogP contribution in [0.5, 0.6) is 0 Å². The minimum absolute atomic E-state index is 0.0197. The van der Waals surface area contributed by atoms with Gasteiger partial charge in [0.25, 0.3) is 0 Å². The summed E-state index contributed by atoms with van der Waals surface area (Å²) in [6, 6.07) is 0. The molecule has 5 heteroatoms. The van der Waals surface area contributed by atoms with Crippen molar-refractivity contribution in [3.05, 3.63) is 23.3 Å². The fourth-order valence-corrected chi connectivity index (χ4v) is 3.16. The molecule has 5 nitrogen and oxygen atoms in total. The summed E-state index contributed by atoms with van der Waals surface area (Å²) in [6.07, 6.45) is 7.49. The lowest BCUT2D eigenvalue weighted by Crippen LogP contribution is -2.41. The molecule has 1 rings (SSSR count). The Labute approximate surface area is 163 Å². The van der Waals surface area contributed by atoms with Crippen LogP contribution in [0.25, 0.3) is 0 Å². The van der Waals surface area contributed by atoms with Gasteiger partial charge in [-0.2, -0.15) is 0 Å². The van der Waals surface area contributed by atoms with Crippen molar-refractivity contribution in [2.75, 3.05) is 13.2 Å². The highest BCUT2D eigenvalue weighted by molar-refractivity contribution is 5.82. The average molecular weight is 381 g/mol. The van der Waals surface area contributed by atoms with Crippen molar-refractivity contribution in [1.29, 1.82) is 0 Å². The molecule has 1 unspecified atom stereocenters. The molecule has 1 aliphatic rings. The van der Waals surface area contributed by atoms with Gasteiger partial charge in [-0.05, 0) is 64.5 Å². The fourth-order valence-electron chi connectivity index (χ4n) is 3.16. The van der Waals surface area contributed by atoms with Gasteiger partial charge in [-0.3, -0.25) is 9.59 Å². The molecule has 1 fully saturated rings. The number of ether oxygens (including phenoxy) is 2. The van der Waals surface area contributed by atoms with Gasteiger partial charge in [0.1, 0.15) is 12.4 Å². The van der Waals surface area contributed by atoms with E-state index in [0.29, 0.717) is 25.9 Å². The van der Waals surface area contributed by atoms with E-state index < -0.39 is 11.7 Å². The molecule has 0 amide bonds. The van der Waals surface area contributed by atoms with Crippen LogP contribution < -0.4 is 0 Å². The monoisotopic (exact) mass is 380 g/mol. The first-order valence-electron chi connectivity index (χ1n) is 9.93. The van der Waals surface area contributed by atoms with Gasteiger partial charge in [-0.1, -0.05) is 18.6 Å². The average Bonchev–Trinajstić information content (AvgIpc) is 2.73. The van der Waals surface area contributed by atoms with Crippen molar-refractivity contribution >= 4 is 11.8 Å². The van der Waals surface area contributed by atoms with Gasteiger partial charge < -0.3 is 14.6 Å². The van der Waals surface area contributed by atoms with Crippen molar-refractivity contribution in [2.45, 2.75) is 84.8 Å².